The van der Waals surface area contributed by atoms with Gasteiger partial charge in [0.2, 0.25) is 11.8 Å². The lowest BCUT2D eigenvalue weighted by molar-refractivity contribution is -0.124. The lowest BCUT2D eigenvalue weighted by atomic mass is 9.89. The normalized spacial score (nSPS) is 16.7. The number of methoxy groups -OCH3 is 1. The van der Waals surface area contributed by atoms with Crippen LogP contribution in [0.5, 0.6) is 17.2 Å². The molecule has 0 bridgehead atoms. The number of carbonyl (C=O) groups excluding carboxylic acids is 2. The number of aromatic hydroxyl groups is 1. The van der Waals surface area contributed by atoms with Crippen LogP contribution in [0.4, 0.5) is 0 Å². The molecular formula is C29H40N8O7. The topological polar surface area (TPSA) is 266 Å². The number of ether oxygens (including phenoxy) is 2. The maximum atomic E-state index is 13.6. The molecule has 0 saturated carbocycles. The fourth-order valence-corrected chi connectivity index (χ4v) is 4.48. The number of benzene rings is 2. The summed E-state index contributed by atoms with van der Waals surface area (Å²) < 4.78 is 11.8. The van der Waals surface area contributed by atoms with Gasteiger partial charge in [0.25, 0.3) is 0 Å². The van der Waals surface area contributed by atoms with Crippen molar-refractivity contribution in [3.63, 3.8) is 0 Å². The van der Waals surface area contributed by atoms with Gasteiger partial charge in [-0.3, -0.25) is 19.6 Å². The van der Waals surface area contributed by atoms with Crippen molar-refractivity contribution in [2.24, 2.45) is 32.9 Å². The Labute approximate surface area is 254 Å². The molecule has 3 rings (SSSR count). The minimum atomic E-state index is -0.859. The predicted octanol–water partition coefficient (Wildman–Crippen LogP) is -1.09. The minimum absolute atomic E-state index is 0.00270. The number of amides is 2. The van der Waals surface area contributed by atoms with Gasteiger partial charge in [0, 0.05) is 24.7 Å². The van der Waals surface area contributed by atoms with E-state index in [2.05, 4.69) is 20.6 Å². The summed E-state index contributed by atoms with van der Waals surface area (Å²) >= 11 is 0. The van der Waals surface area contributed by atoms with Gasteiger partial charge < -0.3 is 58.4 Å². The number of fused-ring (bicyclic) bond motifs is 1. The molecule has 2 aromatic rings. The zero-order chi connectivity index (χ0) is 32.2. The van der Waals surface area contributed by atoms with E-state index in [1.807, 2.05) is 0 Å². The zero-order valence-corrected chi connectivity index (χ0v) is 24.3. The van der Waals surface area contributed by atoms with Crippen LogP contribution < -0.4 is 43.0 Å². The maximum Gasteiger partial charge on any atom is 0.244 e. The van der Waals surface area contributed by atoms with Crippen molar-refractivity contribution in [3.05, 3.63) is 59.2 Å². The van der Waals surface area contributed by atoms with E-state index < -0.39 is 30.1 Å². The first kappa shape index (κ1) is 33.5. The van der Waals surface area contributed by atoms with Crippen LogP contribution in [0.15, 0.2) is 52.5 Å². The summed E-state index contributed by atoms with van der Waals surface area (Å²) in [7, 11) is 1.47. The number of nitrogens with one attached hydrogen (secondary N) is 2. The number of nitrogens with zero attached hydrogens (tertiary/aromatic N) is 2. The number of aliphatic hydroxyl groups is 2. The first-order valence-corrected chi connectivity index (χ1v) is 13.9. The van der Waals surface area contributed by atoms with Crippen LogP contribution in [0.3, 0.4) is 0 Å². The van der Waals surface area contributed by atoms with E-state index >= 15 is 0 Å². The van der Waals surface area contributed by atoms with E-state index in [0.717, 1.165) is 0 Å². The third-order valence-electron chi connectivity index (χ3n) is 6.66. The second-order valence-corrected chi connectivity index (χ2v) is 10.1. The molecule has 44 heavy (non-hydrogen) atoms. The largest absolute Gasteiger partial charge is 0.508 e. The predicted molar refractivity (Wildman–Crippen MR) is 165 cm³/mol. The summed E-state index contributed by atoms with van der Waals surface area (Å²) in [5, 5.41) is 35.3. The molecule has 4 unspecified atom stereocenters. The highest BCUT2D eigenvalue weighted by atomic mass is 16.5. The Morgan fingerprint density at radius 1 is 0.977 bits per heavy atom. The number of guanidine groups is 2. The Bertz CT molecular complexity index is 1370. The Balaban J connectivity index is 1.79. The summed E-state index contributed by atoms with van der Waals surface area (Å²) in [6.07, 6.45) is 0.927. The molecule has 2 aromatic carbocycles. The number of phenols is 1. The van der Waals surface area contributed by atoms with E-state index in [1.165, 1.54) is 25.3 Å². The quantitative estimate of drug-likeness (QED) is 0.0662. The molecule has 0 spiro atoms. The van der Waals surface area contributed by atoms with Crippen molar-refractivity contribution in [1.82, 2.24) is 10.6 Å². The summed E-state index contributed by atoms with van der Waals surface area (Å²) in [5.74, 6) is -1.06. The number of carbonyl (C=O) groups is 2. The molecule has 15 nitrogen and oxygen atoms in total. The lowest BCUT2D eigenvalue weighted by Crippen LogP contribution is -2.34. The molecule has 0 radical (unpaired) electrons. The van der Waals surface area contributed by atoms with Gasteiger partial charge >= 0.3 is 0 Å². The van der Waals surface area contributed by atoms with Crippen molar-refractivity contribution in [2.45, 2.75) is 37.1 Å². The Morgan fingerprint density at radius 2 is 1.57 bits per heavy atom. The molecule has 15 heteroatoms. The zero-order valence-electron chi connectivity index (χ0n) is 24.3. The highest BCUT2D eigenvalue weighted by molar-refractivity contribution is 5.92. The van der Waals surface area contributed by atoms with Crippen molar-refractivity contribution in [1.29, 1.82) is 0 Å². The molecule has 0 fully saturated rings. The summed E-state index contributed by atoms with van der Waals surface area (Å²) in [4.78, 5) is 33.5. The highest BCUT2D eigenvalue weighted by Gasteiger charge is 2.42. The van der Waals surface area contributed by atoms with Gasteiger partial charge in [-0.1, -0.05) is 12.1 Å². The average Bonchev–Trinajstić information content (AvgIpc) is 3.37. The number of phenolic OH excluding ortho intramolecular Hbond substituents is 1. The smallest absolute Gasteiger partial charge is 0.244 e. The van der Waals surface area contributed by atoms with Crippen LogP contribution in [-0.4, -0.2) is 84.5 Å². The van der Waals surface area contributed by atoms with Gasteiger partial charge in [-0.25, -0.2) is 0 Å². The van der Waals surface area contributed by atoms with Crippen molar-refractivity contribution in [3.8, 4) is 17.2 Å². The third-order valence-corrected chi connectivity index (χ3v) is 6.66. The number of rotatable bonds is 15. The second-order valence-electron chi connectivity index (χ2n) is 10.1. The molecule has 13 N–H and O–H groups in total. The molecular weight excluding hydrogens is 572 g/mol. The van der Waals surface area contributed by atoms with E-state index in [4.69, 9.17) is 32.4 Å². The van der Waals surface area contributed by atoms with Crippen LogP contribution in [-0.2, 0) is 9.59 Å². The summed E-state index contributed by atoms with van der Waals surface area (Å²) in [6, 6.07) is 9.74. The molecule has 1 aliphatic rings. The first-order chi connectivity index (χ1) is 21.0. The van der Waals surface area contributed by atoms with Gasteiger partial charge in [-0.05, 0) is 54.3 Å². The Morgan fingerprint density at radius 3 is 2.14 bits per heavy atom. The van der Waals surface area contributed by atoms with Crippen molar-refractivity contribution >= 4 is 29.8 Å². The first-order valence-electron chi connectivity index (χ1n) is 13.9. The third kappa shape index (κ3) is 9.78. The molecule has 2 amide bonds. The SMILES string of the molecule is COc1cc(/C=C/C(=O)NCCC(O)CN=C(N)N)cc2c1OC(c1ccc(O)cc1)C2C(=O)NCCC(O)CN=C(N)N. The number of hydrogen-bond acceptors (Lipinski definition) is 9. The summed E-state index contributed by atoms with van der Waals surface area (Å²) in [5.41, 5.74) is 22.9. The van der Waals surface area contributed by atoms with Crippen LogP contribution in [0.25, 0.3) is 6.08 Å². The van der Waals surface area contributed by atoms with E-state index in [-0.39, 0.29) is 62.6 Å². The Kier molecular flexibility index (Phi) is 12.2. The fourth-order valence-electron chi connectivity index (χ4n) is 4.48. The van der Waals surface area contributed by atoms with Crippen LogP contribution >= 0.6 is 0 Å². The number of hydrogen-bond donors (Lipinski definition) is 9. The monoisotopic (exact) mass is 612 g/mol. The molecule has 238 valence electrons. The molecule has 1 heterocycles. The van der Waals surface area contributed by atoms with Gasteiger partial charge in [0.05, 0.1) is 32.4 Å². The minimum Gasteiger partial charge on any atom is -0.508 e. The molecule has 0 aromatic heterocycles. The number of aliphatic hydroxyl groups excluding tert-OH is 2. The van der Waals surface area contributed by atoms with Crippen LogP contribution in [0.2, 0.25) is 0 Å². The summed E-state index contributed by atoms with van der Waals surface area (Å²) in [6.45, 7) is 0.376. The van der Waals surface area contributed by atoms with E-state index in [1.54, 1.807) is 30.3 Å². The van der Waals surface area contributed by atoms with Gasteiger partial charge in [0.15, 0.2) is 23.4 Å². The van der Waals surface area contributed by atoms with Crippen molar-refractivity contribution in [2.75, 3.05) is 33.3 Å². The van der Waals surface area contributed by atoms with Gasteiger partial charge in [0.1, 0.15) is 17.8 Å². The molecule has 4 atom stereocenters. The average molecular weight is 613 g/mol. The number of nitrogens with two attached hydrogens (primary N) is 4. The Hall–Kier alpha value is -5.02. The molecule has 0 aliphatic carbocycles. The van der Waals surface area contributed by atoms with Gasteiger partial charge in [-0.15, -0.1) is 0 Å². The molecule has 1 aliphatic heterocycles. The van der Waals surface area contributed by atoms with E-state index in [0.29, 0.717) is 28.2 Å². The fraction of sp³-hybridized carbons (Fsp3) is 0.379. The maximum absolute atomic E-state index is 13.6. The van der Waals surface area contributed by atoms with Crippen LogP contribution in [0.1, 0.15) is 41.6 Å². The standard InChI is InChI=1S/C29H40N8O7/c1-43-22-13-16(2-7-23(41)34-10-8-19(39)14-36-28(30)31)12-21-24(27(42)35-11-9-20(40)15-37-29(32)33)25(44-26(21)22)17-3-5-18(38)6-4-17/h2-7,12-13,19-20,24-25,38-40H,8-11,14-15H2,1H3,(H,34,41)(H,35,42)(H4,30,31,36)(H4,32,33,37)/b7-2+. The highest BCUT2D eigenvalue weighted by Crippen LogP contribution is 2.51. The van der Waals surface area contributed by atoms with Crippen molar-refractivity contribution < 1.29 is 34.4 Å². The lowest BCUT2D eigenvalue weighted by Gasteiger charge is -2.20. The second kappa shape index (κ2) is 16.0. The number of aliphatic imine (C=N–C) groups is 2. The molecule has 0 saturated heterocycles. The van der Waals surface area contributed by atoms with E-state index in [9.17, 15) is 24.9 Å². The van der Waals surface area contributed by atoms with Gasteiger partial charge in [-0.2, -0.15) is 0 Å². The van der Waals surface area contributed by atoms with Crippen LogP contribution in [0, 0.1) is 0 Å².